The third-order valence-corrected chi connectivity index (χ3v) is 7.46. The van der Waals surface area contributed by atoms with Crippen LogP contribution in [0.1, 0.15) is 18.4 Å². The summed E-state index contributed by atoms with van der Waals surface area (Å²) in [7, 11) is 2.02. The average Bonchev–Trinajstić information content (AvgIpc) is 2.92. The molecule has 2 saturated heterocycles. The van der Waals surface area contributed by atoms with E-state index in [-0.39, 0.29) is 18.1 Å². The van der Waals surface area contributed by atoms with Crippen molar-refractivity contribution in [2.75, 3.05) is 31.6 Å². The average molecular weight is 378 g/mol. The number of carbonyl (C=O) groups is 2. The van der Waals surface area contributed by atoms with Crippen LogP contribution in [-0.4, -0.2) is 60.1 Å². The fourth-order valence-corrected chi connectivity index (χ4v) is 6.26. The molecule has 4 bridgehead atoms. The van der Waals surface area contributed by atoms with Gasteiger partial charge in [0.2, 0.25) is 0 Å². The molecule has 0 aromatic heterocycles. The Morgan fingerprint density at radius 1 is 1.25 bits per heavy atom. The molecule has 1 spiro atoms. The molecule has 3 fully saturated rings. The number of benzene rings is 1. The minimum Gasteiger partial charge on any atom is -0.493 e. The van der Waals surface area contributed by atoms with E-state index in [1.54, 1.807) is 4.90 Å². The van der Waals surface area contributed by atoms with Crippen molar-refractivity contribution in [2.45, 2.75) is 29.9 Å². The Kier molecular flexibility index (Phi) is 3.02. The highest BCUT2D eigenvalue weighted by Crippen LogP contribution is 2.61. The third kappa shape index (κ3) is 1.72. The smallest absolute Gasteiger partial charge is 0.254 e. The maximum atomic E-state index is 13.8. The number of ketones is 1. The summed E-state index contributed by atoms with van der Waals surface area (Å²) >= 11 is 0. The Balaban J connectivity index is 1.72. The SMILES string of the molecule is CN1CCC23C(=O)CC4(O)C(=CCOC5=CC(=O)N(c6ccccc62)C3C54)C1. The first-order valence-electron chi connectivity index (χ1n) is 9.87. The number of carbonyl (C=O) groups excluding carboxylic acids is 2. The fraction of sp³-hybridized carbons (Fsp3) is 0.455. The van der Waals surface area contributed by atoms with E-state index in [1.165, 1.54) is 6.08 Å². The molecule has 6 aliphatic rings. The Bertz CT molecular complexity index is 998. The van der Waals surface area contributed by atoms with Gasteiger partial charge in [0.25, 0.3) is 5.91 Å². The number of hydrogen-bond donors (Lipinski definition) is 1. The monoisotopic (exact) mass is 378 g/mol. The first kappa shape index (κ1) is 16.5. The van der Waals surface area contributed by atoms with Crippen molar-refractivity contribution < 1.29 is 19.4 Å². The summed E-state index contributed by atoms with van der Waals surface area (Å²) in [5, 5.41) is 12.0. The van der Waals surface area contributed by atoms with Crippen molar-refractivity contribution in [1.82, 2.24) is 4.90 Å². The molecule has 5 aliphatic heterocycles. The summed E-state index contributed by atoms with van der Waals surface area (Å²) in [6, 6.07) is 7.29. The summed E-state index contributed by atoms with van der Waals surface area (Å²) in [4.78, 5) is 30.8. The van der Waals surface area contributed by atoms with Crippen molar-refractivity contribution >= 4 is 17.4 Å². The number of likely N-dealkylation sites (N-methyl/N-ethyl adjacent to an activating group) is 1. The molecule has 6 nitrogen and oxygen atoms in total. The largest absolute Gasteiger partial charge is 0.493 e. The number of ether oxygens (including phenoxy) is 1. The number of hydrogen-bond acceptors (Lipinski definition) is 5. The number of nitrogens with zero attached hydrogens (tertiary/aromatic N) is 2. The molecule has 4 atom stereocenters. The van der Waals surface area contributed by atoms with Gasteiger partial charge in [-0.15, -0.1) is 0 Å². The van der Waals surface area contributed by atoms with Gasteiger partial charge in [-0.25, -0.2) is 0 Å². The number of fused-ring (bicyclic) bond motifs is 6. The Hall–Kier alpha value is -2.44. The van der Waals surface area contributed by atoms with E-state index in [0.717, 1.165) is 23.4 Å². The number of rotatable bonds is 0. The van der Waals surface area contributed by atoms with Crippen LogP contribution in [0.3, 0.4) is 0 Å². The van der Waals surface area contributed by atoms with E-state index in [0.29, 0.717) is 25.3 Å². The van der Waals surface area contributed by atoms with Crippen molar-refractivity contribution in [3.8, 4) is 0 Å². The van der Waals surface area contributed by atoms with Gasteiger partial charge in [0.15, 0.2) is 0 Å². The van der Waals surface area contributed by atoms with Crippen LogP contribution in [0.4, 0.5) is 5.69 Å². The van der Waals surface area contributed by atoms with Gasteiger partial charge < -0.3 is 19.6 Å². The van der Waals surface area contributed by atoms with Crippen molar-refractivity contribution in [3.05, 3.63) is 53.3 Å². The number of para-hydroxylation sites is 1. The third-order valence-electron chi connectivity index (χ3n) is 7.46. The predicted octanol–water partition coefficient (Wildman–Crippen LogP) is 1.15. The topological polar surface area (TPSA) is 70.1 Å². The Morgan fingerprint density at radius 2 is 2.07 bits per heavy atom. The van der Waals surface area contributed by atoms with Gasteiger partial charge in [0.05, 0.1) is 17.4 Å². The van der Waals surface area contributed by atoms with Crippen LogP contribution in [0, 0.1) is 5.92 Å². The molecule has 1 aromatic rings. The lowest BCUT2D eigenvalue weighted by Gasteiger charge is -2.53. The molecular weight excluding hydrogens is 356 g/mol. The first-order chi connectivity index (χ1) is 13.5. The Labute approximate surface area is 163 Å². The van der Waals surface area contributed by atoms with Gasteiger partial charge >= 0.3 is 0 Å². The van der Waals surface area contributed by atoms with E-state index in [2.05, 4.69) is 4.90 Å². The van der Waals surface area contributed by atoms with Crippen LogP contribution in [0.2, 0.25) is 0 Å². The van der Waals surface area contributed by atoms with Crippen LogP contribution in [0.25, 0.3) is 0 Å². The van der Waals surface area contributed by atoms with Crippen molar-refractivity contribution in [2.24, 2.45) is 5.92 Å². The predicted molar refractivity (Wildman–Crippen MR) is 102 cm³/mol. The normalized spacial score (nSPS) is 38.6. The molecule has 1 N–H and O–H groups in total. The lowest BCUT2D eigenvalue weighted by Crippen LogP contribution is -2.68. The van der Waals surface area contributed by atoms with Gasteiger partial charge in [0, 0.05) is 24.7 Å². The first-order valence-corrected chi connectivity index (χ1v) is 9.87. The number of amides is 1. The van der Waals surface area contributed by atoms with E-state index in [4.69, 9.17) is 4.74 Å². The van der Waals surface area contributed by atoms with Crippen LogP contribution < -0.4 is 4.90 Å². The summed E-state index contributed by atoms with van der Waals surface area (Å²) in [5.74, 6) is -0.0492. The summed E-state index contributed by atoms with van der Waals surface area (Å²) < 4.78 is 5.97. The van der Waals surface area contributed by atoms with E-state index in [1.807, 2.05) is 37.4 Å². The molecular formula is C22H22N2O4. The highest BCUT2D eigenvalue weighted by atomic mass is 16.5. The second-order valence-electron chi connectivity index (χ2n) is 8.72. The van der Waals surface area contributed by atoms with Gasteiger partial charge in [-0.1, -0.05) is 18.2 Å². The molecule has 1 amide bonds. The Morgan fingerprint density at radius 3 is 2.93 bits per heavy atom. The zero-order valence-corrected chi connectivity index (χ0v) is 15.7. The van der Waals surface area contributed by atoms with Gasteiger partial charge in [-0.2, -0.15) is 0 Å². The van der Waals surface area contributed by atoms with Crippen LogP contribution in [0.5, 0.6) is 0 Å². The molecule has 144 valence electrons. The maximum Gasteiger partial charge on any atom is 0.254 e. The zero-order chi connectivity index (χ0) is 19.3. The number of aliphatic hydroxyl groups is 1. The quantitative estimate of drug-likeness (QED) is 0.686. The molecule has 28 heavy (non-hydrogen) atoms. The van der Waals surface area contributed by atoms with E-state index < -0.39 is 23.0 Å². The standard InChI is InChI=1S/C22H22N2O4/c1-23-8-7-21-14-4-2-3-5-15(14)24-18(26)10-16-19(20(21)24)22(27,11-17(21)25)13(12-23)6-9-28-16/h2-6,10,19-20,27H,7-9,11-12H2,1H3. The lowest BCUT2D eigenvalue weighted by atomic mass is 9.54. The number of anilines is 1. The highest BCUT2D eigenvalue weighted by molar-refractivity contribution is 6.10. The minimum atomic E-state index is -1.33. The molecule has 1 saturated carbocycles. The second kappa shape index (κ2) is 5.13. The summed E-state index contributed by atoms with van der Waals surface area (Å²) in [6.07, 6.45) is 4.11. The molecule has 0 radical (unpaired) electrons. The van der Waals surface area contributed by atoms with E-state index >= 15 is 0 Å². The van der Waals surface area contributed by atoms with Crippen molar-refractivity contribution in [3.63, 3.8) is 0 Å². The number of Topliss-reactive ketones (excluding diaryl/α,β-unsaturated/α-hetero) is 1. The fourth-order valence-electron chi connectivity index (χ4n) is 6.26. The zero-order valence-electron chi connectivity index (χ0n) is 15.7. The van der Waals surface area contributed by atoms with Crippen LogP contribution >= 0.6 is 0 Å². The van der Waals surface area contributed by atoms with Crippen LogP contribution in [0.15, 0.2) is 47.7 Å². The van der Waals surface area contributed by atoms with Crippen LogP contribution in [-0.2, 0) is 19.7 Å². The molecule has 7 rings (SSSR count). The van der Waals surface area contributed by atoms with Gasteiger partial charge in [-0.05, 0) is 43.3 Å². The van der Waals surface area contributed by atoms with Gasteiger partial charge in [-0.3, -0.25) is 9.59 Å². The summed E-state index contributed by atoms with van der Waals surface area (Å²) in [6.45, 7) is 1.62. The molecule has 1 aromatic carbocycles. The lowest BCUT2D eigenvalue weighted by molar-refractivity contribution is -0.141. The molecule has 4 unspecified atom stereocenters. The van der Waals surface area contributed by atoms with Crippen molar-refractivity contribution in [1.29, 1.82) is 0 Å². The molecule has 1 aliphatic carbocycles. The highest BCUT2D eigenvalue weighted by Gasteiger charge is 2.70. The molecule has 5 heterocycles. The van der Waals surface area contributed by atoms with E-state index in [9.17, 15) is 14.7 Å². The maximum absolute atomic E-state index is 13.8. The van der Waals surface area contributed by atoms with Gasteiger partial charge in [0.1, 0.15) is 23.8 Å². The minimum absolute atomic E-state index is 0.0309. The summed E-state index contributed by atoms with van der Waals surface area (Å²) in [5.41, 5.74) is 0.411. The second-order valence-corrected chi connectivity index (χ2v) is 8.72. The molecule has 6 heteroatoms.